The SMILES string of the molecule is CCCCCCc1cc(CCCCCC)cc(C(=C(C)C(=C=[N+]=[N-])CCCC)c2cc(CCCC)cc(CCCC)c2)c1. The molecule has 0 atom stereocenters. The molecule has 0 aromatic heterocycles. The van der Waals surface area contributed by atoms with Gasteiger partial charge >= 0.3 is 5.87 Å². The van der Waals surface area contributed by atoms with Crippen molar-refractivity contribution in [3.05, 3.63) is 86.5 Å². The van der Waals surface area contributed by atoms with Crippen LogP contribution in [0.4, 0.5) is 0 Å². The van der Waals surface area contributed by atoms with Gasteiger partial charge in [0.25, 0.3) is 0 Å². The zero-order chi connectivity index (χ0) is 31.3. The Morgan fingerprint density at radius 3 is 1.30 bits per heavy atom. The van der Waals surface area contributed by atoms with Crippen LogP contribution >= 0.6 is 0 Å². The lowest BCUT2D eigenvalue weighted by Gasteiger charge is -2.19. The van der Waals surface area contributed by atoms with E-state index in [1.54, 1.807) is 0 Å². The topological polar surface area (TPSA) is 36.4 Å². The molecular formula is C41H62N2. The van der Waals surface area contributed by atoms with Crippen LogP contribution in [0.1, 0.15) is 171 Å². The number of hydrogen-bond donors (Lipinski definition) is 0. The summed E-state index contributed by atoms with van der Waals surface area (Å²) in [6, 6.07) is 14.8. The quantitative estimate of drug-likeness (QED) is 0.0435. The lowest BCUT2D eigenvalue weighted by molar-refractivity contribution is 0.00741. The zero-order valence-corrected chi connectivity index (χ0v) is 28.8. The summed E-state index contributed by atoms with van der Waals surface area (Å²) in [5, 5.41) is 0. The second-order valence-corrected chi connectivity index (χ2v) is 12.7. The third-order valence-electron chi connectivity index (χ3n) is 8.75. The first-order valence-corrected chi connectivity index (χ1v) is 17.9. The van der Waals surface area contributed by atoms with Crippen LogP contribution < -0.4 is 0 Å². The van der Waals surface area contributed by atoms with E-state index in [0.717, 1.165) is 50.5 Å². The van der Waals surface area contributed by atoms with Crippen molar-refractivity contribution < 1.29 is 4.79 Å². The maximum absolute atomic E-state index is 9.63. The molecule has 0 spiro atoms. The highest BCUT2D eigenvalue weighted by molar-refractivity contribution is 5.87. The van der Waals surface area contributed by atoms with Gasteiger partial charge in [-0.1, -0.05) is 129 Å². The molecule has 0 radical (unpaired) electrons. The number of unbranched alkanes of at least 4 members (excludes halogenated alkanes) is 9. The van der Waals surface area contributed by atoms with Gasteiger partial charge in [0, 0.05) is 0 Å². The van der Waals surface area contributed by atoms with Gasteiger partial charge in [0.1, 0.15) is 0 Å². The minimum absolute atomic E-state index is 0.870. The fraction of sp³-hybridized carbons (Fsp3) is 0.610. The van der Waals surface area contributed by atoms with E-state index in [2.05, 4.69) is 88.6 Å². The molecule has 0 aliphatic rings. The Labute approximate surface area is 265 Å². The Balaban J connectivity index is 2.81. The molecule has 0 amide bonds. The Morgan fingerprint density at radius 2 is 0.930 bits per heavy atom. The predicted octanol–water partition coefficient (Wildman–Crippen LogP) is 12.5. The van der Waals surface area contributed by atoms with Crippen LogP contribution in [0.5, 0.6) is 0 Å². The average Bonchev–Trinajstić information content (AvgIpc) is 3.01. The number of benzene rings is 2. The molecule has 236 valence electrons. The molecule has 0 aliphatic heterocycles. The standard InChI is InChI=1S/C41H62N2/c1-7-12-17-19-23-36-27-37(24-20-18-13-8-2)31-40(30-36)41(33(6)38(32-43-42)25-16-11-5)39-28-34(21-14-9-3)26-35(29-39)22-15-10-4/h26-31H,7-25H2,1-6H3. The van der Waals surface area contributed by atoms with Crippen LogP contribution in [-0.4, -0.2) is 10.7 Å². The fourth-order valence-electron chi connectivity index (χ4n) is 6.16. The van der Waals surface area contributed by atoms with Crippen molar-refractivity contribution >= 4 is 11.4 Å². The average molecular weight is 583 g/mol. The molecule has 43 heavy (non-hydrogen) atoms. The minimum Gasteiger partial charge on any atom is -0.348 e. The van der Waals surface area contributed by atoms with Crippen molar-refractivity contribution in [2.75, 3.05) is 0 Å². The first-order valence-electron chi connectivity index (χ1n) is 17.9. The molecule has 0 heterocycles. The van der Waals surface area contributed by atoms with Gasteiger partial charge in [0.2, 0.25) is 0 Å². The molecule has 2 nitrogen and oxygen atoms in total. The van der Waals surface area contributed by atoms with Gasteiger partial charge in [0.05, 0.1) is 5.57 Å². The lowest BCUT2D eigenvalue weighted by atomic mass is 9.84. The van der Waals surface area contributed by atoms with Gasteiger partial charge in [-0.3, -0.25) is 0 Å². The maximum atomic E-state index is 9.63. The molecule has 2 aromatic carbocycles. The van der Waals surface area contributed by atoms with Crippen molar-refractivity contribution in [2.45, 2.75) is 164 Å². The van der Waals surface area contributed by atoms with Gasteiger partial charge < -0.3 is 5.53 Å². The number of nitrogens with zero attached hydrogens (tertiary/aromatic N) is 2. The molecule has 2 heteroatoms. The lowest BCUT2D eigenvalue weighted by Crippen LogP contribution is -2.02. The monoisotopic (exact) mass is 582 g/mol. The summed E-state index contributed by atoms with van der Waals surface area (Å²) in [4.78, 5) is 3.43. The molecular weight excluding hydrogens is 520 g/mol. The largest absolute Gasteiger partial charge is 0.348 e. The Morgan fingerprint density at radius 1 is 0.535 bits per heavy atom. The van der Waals surface area contributed by atoms with Crippen molar-refractivity contribution in [2.24, 2.45) is 0 Å². The highest BCUT2D eigenvalue weighted by atomic mass is 14.8. The summed E-state index contributed by atoms with van der Waals surface area (Å²) in [6.07, 6.45) is 22.6. The van der Waals surface area contributed by atoms with Crippen LogP contribution in [0.3, 0.4) is 0 Å². The summed E-state index contributed by atoms with van der Waals surface area (Å²) in [5.74, 6) is 3.00. The van der Waals surface area contributed by atoms with Crippen LogP contribution in [0.2, 0.25) is 0 Å². The molecule has 0 N–H and O–H groups in total. The van der Waals surface area contributed by atoms with Gasteiger partial charge in [-0.15, -0.1) is 4.79 Å². The van der Waals surface area contributed by atoms with E-state index in [4.69, 9.17) is 0 Å². The van der Waals surface area contributed by atoms with E-state index < -0.39 is 0 Å². The fourth-order valence-corrected chi connectivity index (χ4v) is 6.16. The van der Waals surface area contributed by atoms with Gasteiger partial charge in [-0.05, 0) is 116 Å². The van der Waals surface area contributed by atoms with Crippen LogP contribution in [-0.2, 0) is 25.7 Å². The molecule has 0 bridgehead atoms. The number of rotatable bonds is 22. The Bertz CT molecular complexity index is 1150. The smallest absolute Gasteiger partial charge is 0.303 e. The van der Waals surface area contributed by atoms with Crippen molar-refractivity contribution in [1.82, 2.24) is 0 Å². The maximum Gasteiger partial charge on any atom is 0.303 e. The molecule has 2 rings (SSSR count). The van der Waals surface area contributed by atoms with E-state index in [1.807, 2.05) is 0 Å². The summed E-state index contributed by atoms with van der Waals surface area (Å²) >= 11 is 0. The summed E-state index contributed by atoms with van der Waals surface area (Å²) < 4.78 is 0. The third kappa shape index (κ3) is 13.3. The van der Waals surface area contributed by atoms with Crippen molar-refractivity contribution in [3.8, 4) is 0 Å². The Hall–Kier alpha value is -2.66. The molecule has 0 saturated carbocycles. The second-order valence-electron chi connectivity index (χ2n) is 12.7. The van der Waals surface area contributed by atoms with E-state index >= 15 is 0 Å². The van der Waals surface area contributed by atoms with E-state index in [-0.39, 0.29) is 0 Å². The zero-order valence-electron chi connectivity index (χ0n) is 28.8. The predicted molar refractivity (Wildman–Crippen MR) is 189 cm³/mol. The van der Waals surface area contributed by atoms with Gasteiger partial charge in [-0.25, -0.2) is 0 Å². The Kier molecular flexibility index (Phi) is 18.6. The number of allylic oxidation sites excluding steroid dienone is 2. The first-order chi connectivity index (χ1) is 21.0. The van der Waals surface area contributed by atoms with E-state index in [1.165, 1.54) is 122 Å². The van der Waals surface area contributed by atoms with Crippen LogP contribution in [0.15, 0.2) is 47.5 Å². The van der Waals surface area contributed by atoms with E-state index in [9.17, 15) is 5.53 Å². The number of hydrogen-bond acceptors (Lipinski definition) is 0. The summed E-state index contributed by atoms with van der Waals surface area (Å²) in [6.45, 7) is 13.6. The first kappa shape index (κ1) is 36.5. The molecule has 0 aliphatic carbocycles. The van der Waals surface area contributed by atoms with Crippen molar-refractivity contribution in [3.63, 3.8) is 0 Å². The molecule has 0 unspecified atom stereocenters. The summed E-state index contributed by atoms with van der Waals surface area (Å²) in [7, 11) is 0. The normalized spacial score (nSPS) is 11.7. The van der Waals surface area contributed by atoms with Gasteiger partial charge in [0.15, 0.2) is 0 Å². The molecule has 0 fully saturated rings. The van der Waals surface area contributed by atoms with Crippen molar-refractivity contribution in [1.29, 1.82) is 0 Å². The van der Waals surface area contributed by atoms with Crippen LogP contribution in [0.25, 0.3) is 11.1 Å². The van der Waals surface area contributed by atoms with Crippen LogP contribution in [0, 0.1) is 0 Å². The molecule has 2 aromatic rings. The highest BCUT2D eigenvalue weighted by Crippen LogP contribution is 2.35. The summed E-state index contributed by atoms with van der Waals surface area (Å²) in [5.41, 5.74) is 21.6. The van der Waals surface area contributed by atoms with Gasteiger partial charge in [-0.2, -0.15) is 0 Å². The third-order valence-corrected chi connectivity index (χ3v) is 8.75. The highest BCUT2D eigenvalue weighted by Gasteiger charge is 2.18. The molecule has 0 saturated heterocycles. The second kappa shape index (κ2) is 21.9. The minimum atomic E-state index is 0.870. The number of aryl methyl sites for hydroxylation is 4. The van der Waals surface area contributed by atoms with E-state index in [0.29, 0.717) is 0 Å².